The minimum atomic E-state index is -0.134. The lowest BCUT2D eigenvalue weighted by molar-refractivity contribution is 0.306. The van der Waals surface area contributed by atoms with Crippen molar-refractivity contribution in [1.29, 1.82) is 0 Å². The summed E-state index contributed by atoms with van der Waals surface area (Å²) in [5.74, 6) is 0.608. The molecule has 3 nitrogen and oxygen atoms in total. The van der Waals surface area contributed by atoms with Crippen LogP contribution >= 0.6 is 23.2 Å². The number of rotatable bonds is 4. The molecule has 0 spiro atoms. The van der Waals surface area contributed by atoms with Gasteiger partial charge in [-0.1, -0.05) is 53.5 Å². The molecule has 0 saturated carbocycles. The molecule has 0 aliphatic carbocycles. The molecule has 0 amide bonds. The Hall–Kier alpha value is -2.75. The minimum absolute atomic E-state index is 0.134. The van der Waals surface area contributed by atoms with Gasteiger partial charge in [-0.15, -0.1) is 0 Å². The van der Waals surface area contributed by atoms with Crippen molar-refractivity contribution in [2.24, 2.45) is 0 Å². The average Bonchev–Trinajstić information content (AvgIpc) is 2.67. The third kappa shape index (κ3) is 3.70. The van der Waals surface area contributed by atoms with Crippen molar-refractivity contribution in [1.82, 2.24) is 0 Å². The minimum Gasteiger partial charge on any atom is -0.489 e. The number of benzene rings is 3. The molecule has 4 aromatic rings. The van der Waals surface area contributed by atoms with Crippen molar-refractivity contribution in [2.45, 2.75) is 6.61 Å². The van der Waals surface area contributed by atoms with Gasteiger partial charge in [0.15, 0.2) is 0 Å². The van der Waals surface area contributed by atoms with E-state index in [-0.39, 0.29) is 5.43 Å². The van der Waals surface area contributed by atoms with Crippen molar-refractivity contribution in [3.63, 3.8) is 0 Å². The topological polar surface area (TPSA) is 39.4 Å². The predicted octanol–water partition coefficient (Wildman–Crippen LogP) is 6.35. The Labute approximate surface area is 165 Å². The van der Waals surface area contributed by atoms with Crippen LogP contribution in [0.25, 0.3) is 22.1 Å². The smallest absolute Gasteiger partial charge is 0.200 e. The van der Waals surface area contributed by atoms with Gasteiger partial charge in [0.2, 0.25) is 5.43 Å². The zero-order valence-electron chi connectivity index (χ0n) is 14.1. The molecule has 4 rings (SSSR count). The van der Waals surface area contributed by atoms with E-state index in [1.165, 1.54) is 6.26 Å². The molecule has 1 heterocycles. The van der Waals surface area contributed by atoms with Crippen LogP contribution in [0.15, 0.2) is 82.2 Å². The first-order valence-corrected chi connectivity index (χ1v) is 9.05. The van der Waals surface area contributed by atoms with Gasteiger partial charge >= 0.3 is 0 Å². The van der Waals surface area contributed by atoms with E-state index in [1.807, 2.05) is 36.4 Å². The number of hydrogen-bond donors (Lipinski definition) is 0. The number of halogens is 2. The highest BCUT2D eigenvalue weighted by molar-refractivity contribution is 6.33. The van der Waals surface area contributed by atoms with Gasteiger partial charge in [-0.05, 0) is 35.9 Å². The molecular weight excluding hydrogens is 383 g/mol. The molecule has 0 saturated heterocycles. The lowest BCUT2D eigenvalue weighted by Gasteiger charge is -2.08. The zero-order valence-corrected chi connectivity index (χ0v) is 15.6. The molecule has 1 aromatic heterocycles. The van der Waals surface area contributed by atoms with Gasteiger partial charge < -0.3 is 9.15 Å². The molecule has 0 fully saturated rings. The summed E-state index contributed by atoms with van der Waals surface area (Å²) in [6, 6.07) is 19.8. The second-order valence-corrected chi connectivity index (χ2v) is 6.88. The highest BCUT2D eigenvalue weighted by atomic mass is 35.5. The fourth-order valence-corrected chi connectivity index (χ4v) is 3.31. The standard InChI is InChI=1S/C22H14Cl2O3/c23-15-5-3-4-14(10-15)12-26-16-8-9-18-21(11-16)27-13-19(22(18)25)17-6-1-2-7-20(17)24/h1-11,13H,12H2. The average molecular weight is 397 g/mol. The maximum Gasteiger partial charge on any atom is 0.200 e. The predicted molar refractivity (Wildman–Crippen MR) is 109 cm³/mol. The van der Waals surface area contributed by atoms with Crippen molar-refractivity contribution >= 4 is 34.2 Å². The molecular formula is C22H14Cl2O3. The number of ether oxygens (including phenoxy) is 1. The van der Waals surface area contributed by atoms with Crippen molar-refractivity contribution in [3.8, 4) is 16.9 Å². The lowest BCUT2D eigenvalue weighted by Crippen LogP contribution is -2.05. The Morgan fingerprint density at radius 3 is 2.56 bits per heavy atom. The first-order chi connectivity index (χ1) is 13.1. The van der Waals surface area contributed by atoms with Crippen LogP contribution in [0.3, 0.4) is 0 Å². The van der Waals surface area contributed by atoms with Gasteiger partial charge in [0.05, 0.1) is 10.9 Å². The number of fused-ring (bicyclic) bond motifs is 1. The second kappa shape index (κ2) is 7.47. The van der Waals surface area contributed by atoms with Crippen LogP contribution in [0.1, 0.15) is 5.56 Å². The van der Waals surface area contributed by atoms with E-state index >= 15 is 0 Å². The van der Waals surface area contributed by atoms with Crippen LogP contribution in [0.5, 0.6) is 5.75 Å². The Morgan fingerprint density at radius 1 is 0.889 bits per heavy atom. The Kier molecular flexibility index (Phi) is 4.88. The molecule has 0 aliphatic heterocycles. The zero-order chi connectivity index (χ0) is 18.8. The molecule has 134 valence electrons. The molecule has 0 bridgehead atoms. The highest BCUT2D eigenvalue weighted by Crippen LogP contribution is 2.28. The van der Waals surface area contributed by atoms with Crippen LogP contribution in [-0.2, 0) is 6.61 Å². The molecule has 27 heavy (non-hydrogen) atoms. The van der Waals surface area contributed by atoms with Gasteiger partial charge in [0, 0.05) is 21.7 Å². The van der Waals surface area contributed by atoms with Gasteiger partial charge in [0.1, 0.15) is 24.2 Å². The first-order valence-electron chi connectivity index (χ1n) is 8.29. The summed E-state index contributed by atoms with van der Waals surface area (Å²) >= 11 is 12.2. The quantitative estimate of drug-likeness (QED) is 0.403. The summed E-state index contributed by atoms with van der Waals surface area (Å²) in [6.45, 7) is 0.369. The van der Waals surface area contributed by atoms with Crippen molar-refractivity contribution in [2.75, 3.05) is 0 Å². The van der Waals surface area contributed by atoms with Crippen LogP contribution in [0, 0.1) is 0 Å². The van der Waals surface area contributed by atoms with E-state index < -0.39 is 0 Å². The molecule has 5 heteroatoms. The summed E-state index contributed by atoms with van der Waals surface area (Å²) in [4.78, 5) is 12.8. The maximum absolute atomic E-state index is 12.8. The van der Waals surface area contributed by atoms with Gasteiger partial charge in [-0.2, -0.15) is 0 Å². The normalized spacial score (nSPS) is 10.9. The Morgan fingerprint density at radius 2 is 1.74 bits per heavy atom. The summed E-state index contributed by atoms with van der Waals surface area (Å²) in [6.07, 6.45) is 1.44. The largest absolute Gasteiger partial charge is 0.489 e. The van der Waals surface area contributed by atoms with E-state index in [0.29, 0.717) is 44.5 Å². The van der Waals surface area contributed by atoms with Crippen molar-refractivity contribution in [3.05, 3.63) is 98.8 Å². The Balaban J connectivity index is 1.65. The fourth-order valence-electron chi connectivity index (χ4n) is 2.86. The van der Waals surface area contributed by atoms with Gasteiger partial charge in [0.25, 0.3) is 0 Å². The maximum atomic E-state index is 12.8. The van der Waals surface area contributed by atoms with Crippen molar-refractivity contribution < 1.29 is 9.15 Å². The molecule has 3 aromatic carbocycles. The molecule has 0 radical (unpaired) electrons. The highest BCUT2D eigenvalue weighted by Gasteiger charge is 2.12. The van der Waals surface area contributed by atoms with E-state index in [2.05, 4.69) is 0 Å². The Bertz CT molecular complexity index is 1180. The third-order valence-electron chi connectivity index (χ3n) is 4.20. The van der Waals surface area contributed by atoms with E-state index in [0.717, 1.165) is 5.56 Å². The van der Waals surface area contributed by atoms with Crippen LogP contribution in [0.2, 0.25) is 10.0 Å². The van der Waals surface area contributed by atoms with E-state index in [4.69, 9.17) is 32.4 Å². The van der Waals surface area contributed by atoms with Gasteiger partial charge in [-0.25, -0.2) is 0 Å². The fraction of sp³-hybridized carbons (Fsp3) is 0.0455. The first kappa shape index (κ1) is 17.7. The summed E-state index contributed by atoms with van der Waals surface area (Å²) in [5.41, 5.74) is 2.36. The monoisotopic (exact) mass is 396 g/mol. The molecule has 0 atom stereocenters. The summed E-state index contributed by atoms with van der Waals surface area (Å²) < 4.78 is 11.5. The molecule has 0 unspecified atom stereocenters. The van der Waals surface area contributed by atoms with Crippen LogP contribution in [0.4, 0.5) is 0 Å². The SMILES string of the molecule is O=c1c(-c2ccccc2Cl)coc2cc(OCc3cccc(Cl)c3)ccc12. The summed E-state index contributed by atoms with van der Waals surface area (Å²) in [5, 5.41) is 1.64. The third-order valence-corrected chi connectivity index (χ3v) is 4.77. The van der Waals surface area contributed by atoms with Gasteiger partial charge in [-0.3, -0.25) is 4.79 Å². The van der Waals surface area contributed by atoms with Crippen LogP contribution < -0.4 is 10.2 Å². The van der Waals surface area contributed by atoms with E-state index in [9.17, 15) is 4.79 Å². The van der Waals surface area contributed by atoms with Crippen LogP contribution in [-0.4, -0.2) is 0 Å². The second-order valence-electron chi connectivity index (χ2n) is 6.03. The molecule has 0 aliphatic rings. The van der Waals surface area contributed by atoms with E-state index in [1.54, 1.807) is 30.3 Å². The summed E-state index contributed by atoms with van der Waals surface area (Å²) in [7, 11) is 0. The molecule has 0 N–H and O–H groups in total. The number of hydrogen-bond acceptors (Lipinski definition) is 3. The lowest BCUT2D eigenvalue weighted by atomic mass is 10.1.